The first-order chi connectivity index (χ1) is 12.6. The van der Waals surface area contributed by atoms with Gasteiger partial charge in [-0.15, -0.1) is 0 Å². The summed E-state index contributed by atoms with van der Waals surface area (Å²) in [7, 11) is 1.51. The standard InChI is InChI=1S/C19H28N4O3/c1-13-20-11-15(19(25)22-14-7-4-3-5-8-14)18(21-13)16-9-6-10-23(16)17(24)12-26-2/h11,14,16H,3-10,12H2,1-2H3,(H,22,25)/t16-/m1/s1. The van der Waals surface area contributed by atoms with Crippen LogP contribution in [0.2, 0.25) is 0 Å². The van der Waals surface area contributed by atoms with Crippen molar-refractivity contribution in [3.8, 4) is 0 Å². The van der Waals surface area contributed by atoms with Gasteiger partial charge in [0.15, 0.2) is 0 Å². The van der Waals surface area contributed by atoms with Gasteiger partial charge in [-0.2, -0.15) is 0 Å². The molecule has 1 saturated heterocycles. The zero-order chi connectivity index (χ0) is 18.5. The minimum absolute atomic E-state index is 0.0458. The Kier molecular flexibility index (Phi) is 6.19. The molecule has 0 aromatic carbocycles. The van der Waals surface area contributed by atoms with Gasteiger partial charge in [0.05, 0.1) is 17.3 Å². The lowest BCUT2D eigenvalue weighted by atomic mass is 9.95. The van der Waals surface area contributed by atoms with E-state index >= 15 is 0 Å². The van der Waals surface area contributed by atoms with Gasteiger partial charge in [-0.3, -0.25) is 9.59 Å². The van der Waals surface area contributed by atoms with Crippen LogP contribution in [-0.2, 0) is 9.53 Å². The molecule has 26 heavy (non-hydrogen) atoms. The first kappa shape index (κ1) is 18.8. The van der Waals surface area contributed by atoms with Crippen molar-refractivity contribution in [2.45, 2.75) is 64.0 Å². The number of amides is 2. The zero-order valence-corrected chi connectivity index (χ0v) is 15.7. The fraction of sp³-hybridized carbons (Fsp3) is 0.684. The van der Waals surface area contributed by atoms with Crippen molar-refractivity contribution in [3.05, 3.63) is 23.3 Å². The summed E-state index contributed by atoms with van der Waals surface area (Å²) in [5, 5.41) is 3.14. The summed E-state index contributed by atoms with van der Waals surface area (Å²) in [6, 6.07) is 0.0339. The highest BCUT2D eigenvalue weighted by atomic mass is 16.5. The van der Waals surface area contributed by atoms with Crippen LogP contribution in [0.15, 0.2) is 6.20 Å². The van der Waals surface area contributed by atoms with Crippen LogP contribution >= 0.6 is 0 Å². The van der Waals surface area contributed by atoms with Gasteiger partial charge in [-0.25, -0.2) is 9.97 Å². The number of nitrogens with one attached hydrogen (secondary N) is 1. The van der Waals surface area contributed by atoms with Crippen LogP contribution in [0.25, 0.3) is 0 Å². The van der Waals surface area contributed by atoms with Crippen molar-refractivity contribution in [1.82, 2.24) is 20.2 Å². The lowest BCUT2D eigenvalue weighted by Crippen LogP contribution is -2.38. The summed E-state index contributed by atoms with van der Waals surface area (Å²) in [6.45, 7) is 2.52. The normalized spacial score (nSPS) is 21.0. The fourth-order valence-electron chi connectivity index (χ4n) is 3.98. The summed E-state index contributed by atoms with van der Waals surface area (Å²) in [6.07, 6.45) is 8.90. The second-order valence-electron chi connectivity index (χ2n) is 7.20. The lowest BCUT2D eigenvalue weighted by molar-refractivity contribution is -0.136. The van der Waals surface area contributed by atoms with Crippen molar-refractivity contribution in [3.63, 3.8) is 0 Å². The third-order valence-electron chi connectivity index (χ3n) is 5.28. The van der Waals surface area contributed by atoms with Gasteiger partial charge in [0, 0.05) is 25.9 Å². The predicted octanol–water partition coefficient (Wildman–Crippen LogP) is 2.16. The van der Waals surface area contributed by atoms with E-state index in [2.05, 4.69) is 15.3 Å². The Balaban J connectivity index is 1.83. The van der Waals surface area contributed by atoms with Crippen LogP contribution in [0.4, 0.5) is 0 Å². The number of hydrogen-bond acceptors (Lipinski definition) is 5. The van der Waals surface area contributed by atoms with Crippen molar-refractivity contribution < 1.29 is 14.3 Å². The molecule has 0 radical (unpaired) electrons. The zero-order valence-electron chi connectivity index (χ0n) is 15.7. The van der Waals surface area contributed by atoms with Crippen molar-refractivity contribution >= 4 is 11.8 Å². The van der Waals surface area contributed by atoms with Crippen molar-refractivity contribution in [2.75, 3.05) is 20.3 Å². The second kappa shape index (κ2) is 8.58. The van der Waals surface area contributed by atoms with Gasteiger partial charge in [-0.05, 0) is 32.6 Å². The van der Waals surface area contributed by atoms with Gasteiger partial charge in [0.2, 0.25) is 5.91 Å². The van der Waals surface area contributed by atoms with E-state index in [1.54, 1.807) is 11.1 Å². The van der Waals surface area contributed by atoms with E-state index in [0.717, 1.165) is 38.5 Å². The Morgan fingerprint density at radius 1 is 1.23 bits per heavy atom. The molecule has 2 fully saturated rings. The number of methoxy groups -OCH3 is 1. The van der Waals surface area contributed by atoms with Gasteiger partial charge >= 0.3 is 0 Å². The molecule has 7 heteroatoms. The maximum atomic E-state index is 12.9. The average Bonchev–Trinajstić information content (AvgIpc) is 3.12. The molecular weight excluding hydrogens is 332 g/mol. The highest BCUT2D eigenvalue weighted by molar-refractivity contribution is 5.95. The van der Waals surface area contributed by atoms with Crippen LogP contribution in [0.5, 0.6) is 0 Å². The monoisotopic (exact) mass is 360 g/mol. The largest absolute Gasteiger partial charge is 0.375 e. The number of aryl methyl sites for hydroxylation is 1. The number of hydrogen-bond donors (Lipinski definition) is 1. The molecule has 1 aliphatic carbocycles. The Morgan fingerprint density at radius 2 is 2.00 bits per heavy atom. The fourth-order valence-corrected chi connectivity index (χ4v) is 3.98. The third-order valence-corrected chi connectivity index (χ3v) is 5.28. The molecule has 1 atom stereocenters. The number of carbonyl (C=O) groups is 2. The smallest absolute Gasteiger partial charge is 0.255 e. The number of carbonyl (C=O) groups excluding carboxylic acids is 2. The first-order valence-electron chi connectivity index (χ1n) is 9.53. The molecule has 2 aliphatic rings. The quantitative estimate of drug-likeness (QED) is 0.870. The molecule has 0 spiro atoms. The van der Waals surface area contributed by atoms with E-state index in [1.165, 1.54) is 13.5 Å². The molecule has 1 aromatic rings. The van der Waals surface area contributed by atoms with E-state index in [4.69, 9.17) is 4.74 Å². The summed E-state index contributed by atoms with van der Waals surface area (Å²) >= 11 is 0. The molecule has 1 N–H and O–H groups in total. The van der Waals surface area contributed by atoms with E-state index in [-0.39, 0.29) is 30.5 Å². The molecule has 142 valence electrons. The van der Waals surface area contributed by atoms with Crippen LogP contribution in [0, 0.1) is 6.92 Å². The molecule has 3 rings (SSSR count). The molecule has 2 heterocycles. The summed E-state index contributed by atoms with van der Waals surface area (Å²) in [5.74, 6) is 0.420. The molecule has 1 aromatic heterocycles. The molecule has 0 bridgehead atoms. The van der Waals surface area contributed by atoms with Crippen LogP contribution in [0.3, 0.4) is 0 Å². The van der Waals surface area contributed by atoms with Gasteiger partial charge in [0.25, 0.3) is 5.91 Å². The molecular formula is C19H28N4O3. The summed E-state index contributed by atoms with van der Waals surface area (Å²) in [5.41, 5.74) is 1.15. The maximum absolute atomic E-state index is 12.9. The minimum atomic E-state index is -0.188. The van der Waals surface area contributed by atoms with Gasteiger partial charge < -0.3 is 15.0 Å². The predicted molar refractivity (Wildman–Crippen MR) is 96.7 cm³/mol. The Labute approximate surface area is 154 Å². The third kappa shape index (κ3) is 4.20. The van der Waals surface area contributed by atoms with Crippen molar-refractivity contribution in [1.29, 1.82) is 0 Å². The average molecular weight is 360 g/mol. The topological polar surface area (TPSA) is 84.4 Å². The highest BCUT2D eigenvalue weighted by Crippen LogP contribution is 2.33. The Morgan fingerprint density at radius 3 is 2.73 bits per heavy atom. The van der Waals surface area contributed by atoms with E-state index < -0.39 is 0 Å². The van der Waals surface area contributed by atoms with Crippen LogP contribution in [-0.4, -0.2) is 53.0 Å². The lowest BCUT2D eigenvalue weighted by Gasteiger charge is -2.27. The second-order valence-corrected chi connectivity index (χ2v) is 7.20. The number of aromatic nitrogens is 2. The van der Waals surface area contributed by atoms with Crippen LogP contribution < -0.4 is 5.32 Å². The number of rotatable bonds is 5. The molecule has 7 nitrogen and oxygen atoms in total. The Hall–Kier alpha value is -2.02. The maximum Gasteiger partial charge on any atom is 0.255 e. The summed E-state index contributed by atoms with van der Waals surface area (Å²) in [4.78, 5) is 35.8. The molecule has 1 aliphatic heterocycles. The molecule has 0 unspecified atom stereocenters. The van der Waals surface area contributed by atoms with Gasteiger partial charge in [-0.1, -0.05) is 19.3 Å². The van der Waals surface area contributed by atoms with Crippen molar-refractivity contribution in [2.24, 2.45) is 0 Å². The van der Waals surface area contributed by atoms with Gasteiger partial charge in [0.1, 0.15) is 12.4 Å². The SMILES string of the molecule is COCC(=O)N1CCC[C@@H]1c1nc(C)ncc1C(=O)NC1CCCCC1. The van der Waals surface area contributed by atoms with E-state index in [1.807, 2.05) is 6.92 Å². The van der Waals surface area contributed by atoms with Crippen LogP contribution in [0.1, 0.15) is 72.9 Å². The molecule has 2 amide bonds. The first-order valence-corrected chi connectivity index (χ1v) is 9.53. The number of likely N-dealkylation sites (tertiary alicyclic amines) is 1. The minimum Gasteiger partial charge on any atom is -0.375 e. The number of nitrogens with zero attached hydrogens (tertiary/aromatic N) is 3. The van der Waals surface area contributed by atoms with E-state index in [0.29, 0.717) is 23.6 Å². The number of ether oxygens (including phenoxy) is 1. The molecule has 1 saturated carbocycles. The van der Waals surface area contributed by atoms with E-state index in [9.17, 15) is 9.59 Å². The highest BCUT2D eigenvalue weighted by Gasteiger charge is 2.34. The summed E-state index contributed by atoms with van der Waals surface area (Å²) < 4.78 is 5.00. The Bertz CT molecular complexity index is 658.